The van der Waals surface area contributed by atoms with Gasteiger partial charge in [-0.3, -0.25) is 10.1 Å². The van der Waals surface area contributed by atoms with Gasteiger partial charge in [-0.25, -0.2) is 0 Å². The van der Waals surface area contributed by atoms with Crippen molar-refractivity contribution >= 4 is 62.5 Å². The summed E-state index contributed by atoms with van der Waals surface area (Å²) in [5, 5.41) is 15.2. The van der Waals surface area contributed by atoms with Crippen molar-refractivity contribution in [3.05, 3.63) is 80.9 Å². The van der Waals surface area contributed by atoms with Gasteiger partial charge in [0.05, 0.1) is 5.69 Å². The Morgan fingerprint density at radius 1 is 1.06 bits per heavy atom. The molecule has 1 aromatic heterocycles. The summed E-state index contributed by atoms with van der Waals surface area (Å²) in [7, 11) is 0. The van der Waals surface area contributed by atoms with Crippen molar-refractivity contribution in [1.82, 2.24) is 20.3 Å². The largest absolute Gasteiger partial charge is 0.332 e. The SMILES string of the molecule is CCc1ccc(-n2nc3cc(C)c(NC(=S)NC(=O)c4cccc(I)c4)cc3n2)cc1. The number of hydrogen-bond acceptors (Lipinski definition) is 4. The van der Waals surface area contributed by atoms with Crippen LogP contribution in [0.5, 0.6) is 0 Å². The Morgan fingerprint density at radius 2 is 1.77 bits per heavy atom. The lowest BCUT2D eigenvalue weighted by atomic mass is 10.2. The third-order valence-corrected chi connectivity index (χ3v) is 5.74. The van der Waals surface area contributed by atoms with Gasteiger partial charge in [-0.1, -0.05) is 25.1 Å². The van der Waals surface area contributed by atoms with E-state index in [9.17, 15) is 4.79 Å². The number of aryl methyl sites for hydroxylation is 2. The summed E-state index contributed by atoms with van der Waals surface area (Å²) >= 11 is 7.52. The number of nitrogens with one attached hydrogen (secondary N) is 2. The van der Waals surface area contributed by atoms with E-state index in [2.05, 4.69) is 62.5 Å². The third-order valence-electron chi connectivity index (χ3n) is 4.86. The Kier molecular flexibility index (Phi) is 6.28. The predicted molar refractivity (Wildman–Crippen MR) is 136 cm³/mol. The average molecular weight is 541 g/mol. The Bertz CT molecular complexity index is 1280. The molecule has 1 heterocycles. The minimum absolute atomic E-state index is 0.230. The van der Waals surface area contributed by atoms with E-state index in [1.54, 1.807) is 16.9 Å². The Morgan fingerprint density at radius 3 is 2.45 bits per heavy atom. The highest BCUT2D eigenvalue weighted by atomic mass is 127. The highest BCUT2D eigenvalue weighted by molar-refractivity contribution is 14.1. The molecule has 0 atom stereocenters. The maximum Gasteiger partial charge on any atom is 0.257 e. The first-order chi connectivity index (χ1) is 14.9. The van der Waals surface area contributed by atoms with Gasteiger partial charge in [-0.2, -0.15) is 4.80 Å². The molecule has 4 rings (SSSR count). The van der Waals surface area contributed by atoms with Crippen LogP contribution in [0.15, 0.2) is 60.7 Å². The van der Waals surface area contributed by atoms with Crippen molar-refractivity contribution in [1.29, 1.82) is 0 Å². The van der Waals surface area contributed by atoms with Crippen LogP contribution in [0.4, 0.5) is 5.69 Å². The lowest BCUT2D eigenvalue weighted by Gasteiger charge is -2.11. The number of carbonyl (C=O) groups is 1. The first-order valence-corrected chi connectivity index (χ1v) is 11.3. The molecular formula is C23H20IN5OS. The van der Waals surface area contributed by atoms with Crippen LogP contribution in [0.1, 0.15) is 28.4 Å². The van der Waals surface area contributed by atoms with E-state index < -0.39 is 0 Å². The number of nitrogens with zero attached hydrogens (tertiary/aromatic N) is 3. The van der Waals surface area contributed by atoms with Crippen molar-refractivity contribution in [2.45, 2.75) is 20.3 Å². The van der Waals surface area contributed by atoms with Crippen LogP contribution in [0, 0.1) is 10.5 Å². The monoisotopic (exact) mass is 541 g/mol. The van der Waals surface area contributed by atoms with Gasteiger partial charge in [0.15, 0.2) is 5.11 Å². The average Bonchev–Trinajstić information content (AvgIpc) is 3.16. The molecule has 0 aliphatic rings. The maximum atomic E-state index is 12.4. The summed E-state index contributed by atoms with van der Waals surface area (Å²) < 4.78 is 0.984. The lowest BCUT2D eigenvalue weighted by Crippen LogP contribution is -2.34. The van der Waals surface area contributed by atoms with Crippen LogP contribution < -0.4 is 10.6 Å². The quantitative estimate of drug-likeness (QED) is 0.281. The smallest absolute Gasteiger partial charge is 0.257 e. The number of anilines is 1. The fraction of sp³-hybridized carbons (Fsp3) is 0.130. The number of aromatic nitrogens is 3. The Labute approximate surface area is 199 Å². The second-order valence-electron chi connectivity index (χ2n) is 7.08. The zero-order chi connectivity index (χ0) is 22.0. The molecule has 0 aliphatic heterocycles. The van der Waals surface area contributed by atoms with E-state index in [0.29, 0.717) is 5.56 Å². The molecule has 156 valence electrons. The molecule has 0 aliphatic carbocycles. The third kappa shape index (κ3) is 4.91. The molecule has 0 spiro atoms. The molecule has 2 N–H and O–H groups in total. The van der Waals surface area contributed by atoms with E-state index in [1.165, 1.54) is 5.56 Å². The van der Waals surface area contributed by atoms with Gasteiger partial charge in [0.1, 0.15) is 11.0 Å². The summed E-state index contributed by atoms with van der Waals surface area (Å²) in [5.41, 5.74) is 5.97. The first-order valence-electron chi connectivity index (χ1n) is 9.78. The van der Waals surface area contributed by atoms with Gasteiger partial charge in [-0.05, 0) is 102 Å². The number of benzene rings is 3. The number of hydrogen-bond donors (Lipinski definition) is 2. The summed E-state index contributed by atoms with van der Waals surface area (Å²) in [5.74, 6) is -0.254. The van der Waals surface area contributed by atoms with Gasteiger partial charge in [-0.15, -0.1) is 10.2 Å². The fourth-order valence-electron chi connectivity index (χ4n) is 3.14. The molecule has 3 aromatic carbocycles. The minimum Gasteiger partial charge on any atom is -0.332 e. The van der Waals surface area contributed by atoms with E-state index in [-0.39, 0.29) is 11.0 Å². The summed E-state index contributed by atoms with van der Waals surface area (Å²) in [6.45, 7) is 4.08. The van der Waals surface area contributed by atoms with Crippen LogP contribution in [0.25, 0.3) is 16.7 Å². The first kappa shape index (κ1) is 21.4. The lowest BCUT2D eigenvalue weighted by molar-refractivity contribution is 0.0977. The van der Waals surface area contributed by atoms with E-state index in [1.807, 2.05) is 43.3 Å². The van der Waals surface area contributed by atoms with Crippen molar-refractivity contribution in [3.8, 4) is 5.69 Å². The standard InChI is InChI=1S/C23H20IN5OS/c1-3-15-7-9-18(10-8-15)29-27-20-11-14(2)19(13-21(20)28-29)25-23(31)26-22(30)16-5-4-6-17(24)12-16/h4-13H,3H2,1-2H3,(H2,25,26,30,31). The zero-order valence-electron chi connectivity index (χ0n) is 17.0. The number of amides is 1. The fourth-order valence-corrected chi connectivity index (χ4v) is 3.89. The minimum atomic E-state index is -0.254. The van der Waals surface area contributed by atoms with Crippen LogP contribution >= 0.6 is 34.8 Å². The summed E-state index contributed by atoms with van der Waals surface area (Å²) in [4.78, 5) is 14.1. The Balaban J connectivity index is 1.53. The van der Waals surface area contributed by atoms with E-state index in [4.69, 9.17) is 12.2 Å². The number of rotatable bonds is 4. The highest BCUT2D eigenvalue weighted by Crippen LogP contribution is 2.22. The molecule has 0 unspecified atom stereocenters. The molecule has 31 heavy (non-hydrogen) atoms. The van der Waals surface area contributed by atoms with Gasteiger partial charge in [0, 0.05) is 14.8 Å². The molecule has 8 heteroatoms. The molecule has 0 saturated carbocycles. The number of fused-ring (bicyclic) bond motifs is 1. The molecule has 6 nitrogen and oxygen atoms in total. The highest BCUT2D eigenvalue weighted by Gasteiger charge is 2.12. The molecule has 0 radical (unpaired) electrons. The molecular weight excluding hydrogens is 521 g/mol. The van der Waals surface area contributed by atoms with E-state index in [0.717, 1.165) is 38.0 Å². The number of carbonyl (C=O) groups excluding carboxylic acids is 1. The van der Waals surface area contributed by atoms with Crippen molar-refractivity contribution in [3.63, 3.8) is 0 Å². The Hall–Kier alpha value is -2.85. The molecule has 0 saturated heterocycles. The van der Waals surface area contributed by atoms with Crippen molar-refractivity contribution in [2.24, 2.45) is 0 Å². The normalized spacial score (nSPS) is 10.8. The van der Waals surface area contributed by atoms with E-state index >= 15 is 0 Å². The maximum absolute atomic E-state index is 12.4. The van der Waals surface area contributed by atoms with Gasteiger partial charge < -0.3 is 5.32 Å². The van der Waals surface area contributed by atoms with Crippen LogP contribution in [0.2, 0.25) is 0 Å². The van der Waals surface area contributed by atoms with Gasteiger partial charge in [0.2, 0.25) is 0 Å². The molecule has 1 amide bonds. The van der Waals surface area contributed by atoms with Crippen LogP contribution in [0.3, 0.4) is 0 Å². The summed E-state index contributed by atoms with van der Waals surface area (Å²) in [6, 6.07) is 19.3. The second-order valence-corrected chi connectivity index (χ2v) is 8.74. The van der Waals surface area contributed by atoms with Crippen molar-refractivity contribution < 1.29 is 4.79 Å². The second kappa shape index (κ2) is 9.11. The summed E-state index contributed by atoms with van der Waals surface area (Å²) in [6.07, 6.45) is 0.989. The molecule has 0 bridgehead atoms. The number of thiocarbonyl (C=S) groups is 1. The van der Waals surface area contributed by atoms with Gasteiger partial charge >= 0.3 is 0 Å². The van der Waals surface area contributed by atoms with Gasteiger partial charge in [0.25, 0.3) is 5.91 Å². The van der Waals surface area contributed by atoms with Crippen molar-refractivity contribution in [2.75, 3.05) is 5.32 Å². The molecule has 4 aromatic rings. The topological polar surface area (TPSA) is 71.8 Å². The predicted octanol–water partition coefficient (Wildman–Crippen LogP) is 5.02. The molecule has 0 fully saturated rings. The zero-order valence-corrected chi connectivity index (χ0v) is 20.0. The van der Waals surface area contributed by atoms with Crippen LogP contribution in [-0.4, -0.2) is 26.0 Å². The van der Waals surface area contributed by atoms with Crippen LogP contribution in [-0.2, 0) is 6.42 Å². The number of halogens is 1.